The Morgan fingerprint density at radius 1 is 0.621 bits per heavy atom. The van der Waals surface area contributed by atoms with Gasteiger partial charge in [0.2, 0.25) is 0 Å². The first kappa shape index (κ1) is 30.7. The van der Waals surface area contributed by atoms with Gasteiger partial charge in [0.05, 0.1) is 0 Å². The summed E-state index contributed by atoms with van der Waals surface area (Å²) in [6, 6.07) is 0. The lowest BCUT2D eigenvalue weighted by atomic mass is 9.73. The predicted octanol–water partition coefficient (Wildman–Crippen LogP) is 10.3. The molecule has 0 saturated carbocycles. The van der Waals surface area contributed by atoms with Crippen LogP contribution in [-0.2, 0) is 0 Å². The molecule has 29 heavy (non-hydrogen) atoms. The Balaban J connectivity index is 0. The average molecular weight is 407 g/mol. The fourth-order valence-electron chi connectivity index (χ4n) is 4.24. The molecule has 0 aromatic rings. The molecule has 0 heterocycles. The first-order valence-corrected chi connectivity index (χ1v) is 12.6. The van der Waals surface area contributed by atoms with Crippen LogP contribution < -0.4 is 0 Å². The maximum absolute atomic E-state index is 2.42. The first-order valence-electron chi connectivity index (χ1n) is 12.6. The van der Waals surface area contributed by atoms with Gasteiger partial charge >= 0.3 is 0 Å². The second kappa shape index (κ2) is 13.7. The summed E-state index contributed by atoms with van der Waals surface area (Å²) < 4.78 is 0. The van der Waals surface area contributed by atoms with Gasteiger partial charge in [0.25, 0.3) is 0 Å². The van der Waals surface area contributed by atoms with Gasteiger partial charge in [-0.15, -0.1) is 0 Å². The molecule has 0 radical (unpaired) electrons. The van der Waals surface area contributed by atoms with Gasteiger partial charge in [0.1, 0.15) is 0 Å². The van der Waals surface area contributed by atoms with Gasteiger partial charge in [-0.05, 0) is 64.9 Å². The molecular formula is C29H58. The number of rotatable bonds is 4. The topological polar surface area (TPSA) is 0 Å². The largest absolute Gasteiger partial charge is 0.0683 e. The molecule has 1 unspecified atom stereocenters. The molecule has 0 aromatic heterocycles. The van der Waals surface area contributed by atoms with E-state index in [-0.39, 0.29) is 5.41 Å². The van der Waals surface area contributed by atoms with Crippen LogP contribution in [0.3, 0.4) is 0 Å². The van der Waals surface area contributed by atoms with E-state index in [9.17, 15) is 0 Å². The molecule has 1 atom stereocenters. The Kier molecular flexibility index (Phi) is 14.5. The minimum atomic E-state index is 0.263. The summed E-state index contributed by atoms with van der Waals surface area (Å²) >= 11 is 0. The number of hydrogen-bond acceptors (Lipinski definition) is 0. The molecule has 1 rings (SSSR count). The van der Waals surface area contributed by atoms with Crippen molar-refractivity contribution in [2.75, 3.05) is 0 Å². The molecule has 1 aliphatic carbocycles. The van der Waals surface area contributed by atoms with Crippen molar-refractivity contribution < 1.29 is 0 Å². The second-order valence-electron chi connectivity index (χ2n) is 11.7. The third-order valence-corrected chi connectivity index (χ3v) is 5.61. The summed E-state index contributed by atoms with van der Waals surface area (Å²) in [6.07, 6.45) is 2.57. The van der Waals surface area contributed by atoms with E-state index in [1.54, 1.807) is 22.3 Å². The van der Waals surface area contributed by atoms with Gasteiger partial charge in [-0.3, -0.25) is 0 Å². The Morgan fingerprint density at radius 3 is 1.24 bits per heavy atom. The van der Waals surface area contributed by atoms with Crippen LogP contribution in [0.1, 0.15) is 124 Å². The smallest absolute Gasteiger partial charge is 0.0167 e. The van der Waals surface area contributed by atoms with E-state index in [0.717, 1.165) is 17.8 Å². The van der Waals surface area contributed by atoms with Crippen LogP contribution in [0.15, 0.2) is 22.3 Å². The monoisotopic (exact) mass is 406 g/mol. The van der Waals surface area contributed by atoms with E-state index >= 15 is 0 Å². The number of allylic oxidation sites excluding steroid dienone is 4. The quantitative estimate of drug-likeness (QED) is 0.435. The van der Waals surface area contributed by atoms with Gasteiger partial charge in [0, 0.05) is 0 Å². The standard InChI is InChI=1S/C23H42.C4H10.C2H6/c1-14(2)18-12-19(15(3)4)21(16(5)6)22(17(7)8)20(13-18)23(9,10)11;1-4(2)3;1-2/h14-18H,12-13H2,1-11H3;4H,1-3H3;1-2H3. The summed E-state index contributed by atoms with van der Waals surface area (Å²) in [4.78, 5) is 0. The van der Waals surface area contributed by atoms with Gasteiger partial charge in [-0.25, -0.2) is 0 Å². The van der Waals surface area contributed by atoms with Crippen LogP contribution in [0.4, 0.5) is 0 Å². The minimum absolute atomic E-state index is 0.263. The predicted molar refractivity (Wildman–Crippen MR) is 137 cm³/mol. The van der Waals surface area contributed by atoms with Crippen molar-refractivity contribution in [3.8, 4) is 0 Å². The molecule has 0 fully saturated rings. The Bertz CT molecular complexity index is 498. The van der Waals surface area contributed by atoms with Gasteiger partial charge in [0.15, 0.2) is 0 Å². The summed E-state index contributed by atoms with van der Waals surface area (Å²) in [7, 11) is 0. The lowest BCUT2D eigenvalue weighted by Gasteiger charge is -2.32. The summed E-state index contributed by atoms with van der Waals surface area (Å²) in [6.45, 7) is 37.0. The van der Waals surface area contributed by atoms with Crippen molar-refractivity contribution in [1.29, 1.82) is 0 Å². The normalized spacial score (nSPS) is 18.3. The Hall–Kier alpha value is -0.520. The molecule has 0 aliphatic heterocycles. The molecule has 0 saturated heterocycles. The van der Waals surface area contributed by atoms with Crippen LogP contribution in [-0.4, -0.2) is 0 Å². The zero-order valence-corrected chi connectivity index (χ0v) is 23.4. The fraction of sp³-hybridized carbons (Fsp3) is 0.862. The highest BCUT2D eigenvalue weighted by molar-refractivity contribution is 5.45. The highest BCUT2D eigenvalue weighted by Gasteiger charge is 2.34. The maximum atomic E-state index is 2.42. The van der Waals surface area contributed by atoms with Gasteiger partial charge in [-0.2, -0.15) is 0 Å². The summed E-state index contributed by atoms with van der Waals surface area (Å²) in [5, 5.41) is 0. The van der Waals surface area contributed by atoms with Crippen molar-refractivity contribution >= 4 is 0 Å². The minimum Gasteiger partial charge on any atom is -0.0683 e. The van der Waals surface area contributed by atoms with E-state index in [1.807, 2.05) is 13.8 Å². The molecule has 0 spiro atoms. The lowest BCUT2D eigenvalue weighted by Crippen LogP contribution is -2.19. The molecule has 1 aliphatic rings. The zero-order chi connectivity index (χ0) is 23.7. The van der Waals surface area contributed by atoms with Crippen LogP contribution in [0.2, 0.25) is 0 Å². The molecule has 0 aromatic carbocycles. The molecular weight excluding hydrogens is 348 g/mol. The van der Waals surface area contributed by atoms with Crippen molar-refractivity contribution in [3.63, 3.8) is 0 Å². The summed E-state index contributed by atoms with van der Waals surface area (Å²) in [5.41, 5.74) is 7.12. The van der Waals surface area contributed by atoms with E-state index in [2.05, 4.69) is 96.9 Å². The molecule has 0 N–H and O–H groups in total. The maximum Gasteiger partial charge on any atom is -0.0167 e. The fourth-order valence-corrected chi connectivity index (χ4v) is 4.24. The third kappa shape index (κ3) is 10.4. The molecule has 0 heteroatoms. The van der Waals surface area contributed by atoms with Crippen molar-refractivity contribution in [1.82, 2.24) is 0 Å². The van der Waals surface area contributed by atoms with Crippen LogP contribution in [0.5, 0.6) is 0 Å². The van der Waals surface area contributed by atoms with E-state index in [1.165, 1.54) is 12.8 Å². The van der Waals surface area contributed by atoms with E-state index in [0.29, 0.717) is 17.8 Å². The average Bonchev–Trinajstić information content (AvgIpc) is 2.73. The zero-order valence-electron chi connectivity index (χ0n) is 23.4. The lowest BCUT2D eigenvalue weighted by molar-refractivity contribution is 0.341. The first-order chi connectivity index (χ1) is 13.1. The van der Waals surface area contributed by atoms with Gasteiger partial charge in [-0.1, -0.05) is 122 Å². The van der Waals surface area contributed by atoms with Crippen LogP contribution in [0.25, 0.3) is 0 Å². The SMILES string of the molecule is CC.CC(C)C.CC(C)C1=C(C(C)C)C(C(C)C)=C(C(C)(C)C)CC(C(C)C)C1. The van der Waals surface area contributed by atoms with Crippen LogP contribution in [0, 0.1) is 40.9 Å². The van der Waals surface area contributed by atoms with Crippen molar-refractivity contribution in [2.24, 2.45) is 40.9 Å². The molecule has 0 bridgehead atoms. The van der Waals surface area contributed by atoms with Gasteiger partial charge < -0.3 is 0 Å². The van der Waals surface area contributed by atoms with E-state index < -0.39 is 0 Å². The highest BCUT2D eigenvalue weighted by Crippen LogP contribution is 2.48. The second-order valence-corrected chi connectivity index (χ2v) is 11.7. The number of hydrogen-bond donors (Lipinski definition) is 0. The Morgan fingerprint density at radius 2 is 1.00 bits per heavy atom. The van der Waals surface area contributed by atoms with Crippen LogP contribution >= 0.6 is 0 Å². The highest BCUT2D eigenvalue weighted by atomic mass is 14.4. The summed E-state index contributed by atoms with van der Waals surface area (Å²) in [5.74, 6) is 4.25. The molecule has 174 valence electrons. The Labute approximate surface area is 187 Å². The van der Waals surface area contributed by atoms with Crippen molar-refractivity contribution in [3.05, 3.63) is 22.3 Å². The third-order valence-electron chi connectivity index (χ3n) is 5.61. The molecule has 0 amide bonds. The molecule has 0 nitrogen and oxygen atoms in total. The van der Waals surface area contributed by atoms with E-state index in [4.69, 9.17) is 0 Å². The van der Waals surface area contributed by atoms with Crippen molar-refractivity contribution in [2.45, 2.75) is 124 Å².